The van der Waals surface area contributed by atoms with Crippen molar-refractivity contribution in [3.8, 4) is 5.75 Å². The molecule has 26 heavy (non-hydrogen) atoms. The lowest BCUT2D eigenvalue weighted by Gasteiger charge is -2.45. The van der Waals surface area contributed by atoms with E-state index in [1.54, 1.807) is 38.1 Å². The number of ether oxygens (including phenoxy) is 1. The summed E-state index contributed by atoms with van der Waals surface area (Å²) in [5.41, 5.74) is 0. The number of rotatable bonds is 6. The molecule has 0 aromatic heterocycles. The van der Waals surface area contributed by atoms with Crippen LogP contribution < -0.4 is 10.1 Å². The summed E-state index contributed by atoms with van der Waals surface area (Å²) in [6.07, 6.45) is 0. The Hall–Kier alpha value is -1.54. The van der Waals surface area contributed by atoms with E-state index in [1.165, 1.54) is 16.7 Å². The third kappa shape index (κ3) is 3.36. The molecule has 3 unspecified atom stereocenters. The highest BCUT2D eigenvalue weighted by atomic mass is 32.2. The van der Waals surface area contributed by atoms with Crippen molar-refractivity contribution in [2.24, 2.45) is 0 Å². The molecule has 2 amide bonds. The van der Waals surface area contributed by atoms with Crippen molar-refractivity contribution in [3.63, 3.8) is 0 Å². The molecule has 4 atom stereocenters. The predicted octanol–water partition coefficient (Wildman–Crippen LogP) is 1.40. The van der Waals surface area contributed by atoms with Crippen LogP contribution in [0.5, 0.6) is 5.75 Å². The lowest BCUT2D eigenvalue weighted by Crippen LogP contribution is -2.69. The summed E-state index contributed by atoms with van der Waals surface area (Å²) >= 11 is 1.37. The van der Waals surface area contributed by atoms with Gasteiger partial charge in [0.1, 0.15) is 22.9 Å². The molecule has 2 aliphatic heterocycles. The summed E-state index contributed by atoms with van der Waals surface area (Å²) in [7, 11) is -2.84. The standard InChI is InChI=1S/C16H21N2O6PS/c1-16(2)15(25(21,22)23-3)18-13(20)12(14(18)26-16)17-11(19)9-24-10-7-5-4-6-8-10/h4-8,12,14-15H,9H2,1-3H3,(H,17,19)(H,21,22)/t12?,14-,15?/m0/s1. The number of nitrogens with zero attached hydrogens (tertiary/aromatic N) is 1. The van der Waals surface area contributed by atoms with Gasteiger partial charge in [0, 0.05) is 11.9 Å². The van der Waals surface area contributed by atoms with E-state index < -0.39 is 41.4 Å². The van der Waals surface area contributed by atoms with Gasteiger partial charge >= 0.3 is 7.60 Å². The number of para-hydroxylation sites is 1. The summed E-state index contributed by atoms with van der Waals surface area (Å²) in [5, 5.41) is 2.24. The SMILES string of the molecule is COP(=O)(O)C1N2C(=O)C(NC(=O)COc3ccccc3)[C@@H]2SC1(C)C. The quantitative estimate of drug-likeness (QED) is 0.549. The van der Waals surface area contributed by atoms with E-state index in [0.29, 0.717) is 5.75 Å². The Morgan fingerprint density at radius 1 is 1.38 bits per heavy atom. The molecule has 0 saturated carbocycles. The number of hydrogen-bond acceptors (Lipinski definition) is 6. The molecule has 2 aliphatic rings. The maximum Gasteiger partial charge on any atom is 0.351 e. The smallest absolute Gasteiger partial charge is 0.351 e. The molecular formula is C16H21N2O6PS. The fraction of sp³-hybridized carbons (Fsp3) is 0.500. The number of benzene rings is 1. The van der Waals surface area contributed by atoms with E-state index in [-0.39, 0.29) is 6.61 Å². The summed E-state index contributed by atoms with van der Waals surface area (Å²) in [4.78, 5) is 36.0. The first-order valence-electron chi connectivity index (χ1n) is 8.03. The van der Waals surface area contributed by atoms with Crippen LogP contribution in [0.4, 0.5) is 0 Å². The van der Waals surface area contributed by atoms with Crippen LogP contribution in [-0.2, 0) is 18.7 Å². The normalized spacial score (nSPS) is 28.7. The molecule has 2 fully saturated rings. The number of nitrogens with one attached hydrogen (secondary N) is 1. The minimum absolute atomic E-state index is 0.214. The molecule has 0 bridgehead atoms. The second kappa shape index (κ2) is 6.88. The topological polar surface area (TPSA) is 105 Å². The highest BCUT2D eigenvalue weighted by Crippen LogP contribution is 2.64. The van der Waals surface area contributed by atoms with E-state index >= 15 is 0 Å². The van der Waals surface area contributed by atoms with Crippen molar-refractivity contribution in [1.82, 2.24) is 10.2 Å². The Balaban J connectivity index is 1.63. The highest BCUT2D eigenvalue weighted by molar-refractivity contribution is 8.02. The number of hydrogen-bond donors (Lipinski definition) is 2. The molecule has 1 aromatic carbocycles. The number of thioether (sulfide) groups is 1. The largest absolute Gasteiger partial charge is 0.484 e. The third-order valence-electron chi connectivity index (χ3n) is 4.39. The van der Waals surface area contributed by atoms with Crippen molar-refractivity contribution in [2.75, 3.05) is 13.7 Å². The van der Waals surface area contributed by atoms with Crippen LogP contribution in [0.1, 0.15) is 13.8 Å². The highest BCUT2D eigenvalue weighted by Gasteiger charge is 2.66. The number of fused-ring (bicyclic) bond motifs is 1. The summed E-state index contributed by atoms with van der Waals surface area (Å²) < 4.78 is 21.8. The first kappa shape index (κ1) is 19.2. The molecule has 142 valence electrons. The van der Waals surface area contributed by atoms with Crippen LogP contribution in [0.25, 0.3) is 0 Å². The lowest BCUT2D eigenvalue weighted by molar-refractivity contribution is -0.149. The van der Waals surface area contributed by atoms with Crippen LogP contribution in [-0.4, -0.2) is 57.3 Å². The Bertz CT molecular complexity index is 758. The second-order valence-corrected chi connectivity index (χ2v) is 10.4. The molecule has 2 heterocycles. The first-order chi connectivity index (χ1) is 12.2. The summed E-state index contributed by atoms with van der Waals surface area (Å²) in [5.74, 6) is -1.21. The van der Waals surface area contributed by atoms with E-state index in [1.807, 2.05) is 6.07 Å². The van der Waals surface area contributed by atoms with Crippen LogP contribution in [0.15, 0.2) is 30.3 Å². The molecule has 8 nitrogen and oxygen atoms in total. The van der Waals surface area contributed by atoms with Gasteiger partial charge in [0.25, 0.3) is 5.91 Å². The van der Waals surface area contributed by atoms with Gasteiger partial charge in [-0.05, 0) is 26.0 Å². The average Bonchev–Trinajstić information content (AvgIpc) is 2.87. The van der Waals surface area contributed by atoms with Crippen molar-refractivity contribution >= 4 is 31.2 Å². The average molecular weight is 400 g/mol. The second-order valence-electron chi connectivity index (χ2n) is 6.62. The first-order valence-corrected chi connectivity index (χ1v) is 10.6. The molecular weight excluding hydrogens is 379 g/mol. The molecule has 0 aliphatic carbocycles. The van der Waals surface area contributed by atoms with E-state index in [2.05, 4.69) is 5.32 Å². The number of amides is 2. The van der Waals surface area contributed by atoms with Gasteiger partial charge in [-0.3, -0.25) is 14.2 Å². The fourth-order valence-corrected chi connectivity index (χ4v) is 6.99. The maximum atomic E-state index is 12.5. The molecule has 0 spiro atoms. The van der Waals surface area contributed by atoms with Gasteiger partial charge in [-0.2, -0.15) is 0 Å². The third-order valence-corrected chi connectivity index (χ3v) is 8.17. The zero-order valence-electron chi connectivity index (χ0n) is 14.6. The minimum Gasteiger partial charge on any atom is -0.484 e. The van der Waals surface area contributed by atoms with Gasteiger partial charge in [0.15, 0.2) is 6.61 Å². The number of carbonyl (C=O) groups is 2. The molecule has 1 aromatic rings. The van der Waals surface area contributed by atoms with Crippen molar-refractivity contribution in [3.05, 3.63) is 30.3 Å². The Morgan fingerprint density at radius 2 is 2.04 bits per heavy atom. The Kier molecular flexibility index (Phi) is 5.09. The van der Waals surface area contributed by atoms with Crippen molar-refractivity contribution in [1.29, 1.82) is 0 Å². The molecule has 2 saturated heterocycles. The van der Waals surface area contributed by atoms with E-state index in [4.69, 9.17) is 9.26 Å². The van der Waals surface area contributed by atoms with Gasteiger partial charge in [-0.15, -0.1) is 11.8 Å². The maximum absolute atomic E-state index is 12.5. The fourth-order valence-electron chi connectivity index (χ4n) is 3.24. The van der Waals surface area contributed by atoms with Gasteiger partial charge in [0.2, 0.25) is 5.91 Å². The van der Waals surface area contributed by atoms with Crippen LogP contribution in [0.3, 0.4) is 0 Å². The monoisotopic (exact) mass is 400 g/mol. The van der Waals surface area contributed by atoms with Crippen molar-refractivity contribution < 1.29 is 28.3 Å². The van der Waals surface area contributed by atoms with Gasteiger partial charge in [-0.25, -0.2) is 0 Å². The Labute approximate surface area is 155 Å². The minimum atomic E-state index is -3.99. The molecule has 2 N–H and O–H groups in total. The predicted molar refractivity (Wildman–Crippen MR) is 96.8 cm³/mol. The van der Waals surface area contributed by atoms with Gasteiger partial charge in [-0.1, -0.05) is 18.2 Å². The Morgan fingerprint density at radius 3 is 2.65 bits per heavy atom. The lowest BCUT2D eigenvalue weighted by atomic mass is 10.0. The van der Waals surface area contributed by atoms with Gasteiger partial charge < -0.3 is 24.4 Å². The molecule has 0 radical (unpaired) electrons. The zero-order valence-corrected chi connectivity index (χ0v) is 16.3. The summed E-state index contributed by atoms with van der Waals surface area (Å²) in [6.45, 7) is 3.36. The van der Waals surface area contributed by atoms with Crippen LogP contribution in [0.2, 0.25) is 0 Å². The number of carbonyl (C=O) groups excluding carboxylic acids is 2. The van der Waals surface area contributed by atoms with Crippen molar-refractivity contribution in [2.45, 2.75) is 35.8 Å². The van der Waals surface area contributed by atoms with Crippen LogP contribution in [0, 0.1) is 0 Å². The van der Waals surface area contributed by atoms with Gasteiger partial charge in [0.05, 0.1) is 0 Å². The molecule has 10 heteroatoms. The van der Waals surface area contributed by atoms with Crippen LogP contribution >= 0.6 is 19.4 Å². The number of β-lactam (4-membered cyclic amide) rings is 1. The zero-order chi connectivity index (χ0) is 19.1. The van der Waals surface area contributed by atoms with E-state index in [9.17, 15) is 19.0 Å². The molecule has 3 rings (SSSR count). The van der Waals surface area contributed by atoms with E-state index in [0.717, 1.165) is 7.11 Å². The summed E-state index contributed by atoms with van der Waals surface area (Å²) in [6, 6.07) is 8.14.